The fourth-order valence-electron chi connectivity index (χ4n) is 1.28. The number of hydrogen-bond donors (Lipinski definition) is 3. The van der Waals surface area contributed by atoms with Crippen LogP contribution in [0.2, 0.25) is 0 Å². The van der Waals surface area contributed by atoms with Crippen LogP contribution in [-0.4, -0.2) is 34.7 Å². The van der Waals surface area contributed by atoms with E-state index in [2.05, 4.69) is 12.2 Å². The zero-order valence-corrected chi connectivity index (χ0v) is 9.74. The van der Waals surface area contributed by atoms with Crippen molar-refractivity contribution in [3.05, 3.63) is 0 Å². The van der Waals surface area contributed by atoms with Crippen molar-refractivity contribution < 1.29 is 19.8 Å². The van der Waals surface area contributed by atoms with Gasteiger partial charge in [0.05, 0.1) is 6.54 Å². The summed E-state index contributed by atoms with van der Waals surface area (Å²) >= 11 is 0. The Morgan fingerprint density at radius 2 is 1.81 bits per heavy atom. The molecule has 0 aliphatic heterocycles. The normalized spacial score (nSPS) is 12.1. The third-order valence-electron chi connectivity index (χ3n) is 2.29. The van der Waals surface area contributed by atoms with E-state index in [0.29, 0.717) is 6.42 Å². The van der Waals surface area contributed by atoms with E-state index < -0.39 is 12.1 Å². The van der Waals surface area contributed by atoms with E-state index >= 15 is 0 Å². The Morgan fingerprint density at radius 3 is 2.38 bits per heavy atom. The number of nitrogens with one attached hydrogen (secondary N) is 1. The summed E-state index contributed by atoms with van der Waals surface area (Å²) in [5.41, 5.74) is 0. The van der Waals surface area contributed by atoms with Gasteiger partial charge in [-0.15, -0.1) is 0 Å². The SMILES string of the molecule is CCCCCCCC(=O)NC[C@H](O)C(=O)O. The second-order valence-electron chi connectivity index (χ2n) is 3.82. The van der Waals surface area contributed by atoms with Crippen LogP contribution >= 0.6 is 0 Å². The number of carboxylic acid groups (broad SMARTS) is 1. The molecule has 0 aliphatic rings. The van der Waals surface area contributed by atoms with Gasteiger partial charge >= 0.3 is 5.97 Å². The molecule has 0 bridgehead atoms. The average molecular weight is 231 g/mol. The van der Waals surface area contributed by atoms with E-state index in [9.17, 15) is 9.59 Å². The van der Waals surface area contributed by atoms with Gasteiger partial charge in [0, 0.05) is 6.42 Å². The van der Waals surface area contributed by atoms with Gasteiger partial charge in [-0.2, -0.15) is 0 Å². The van der Waals surface area contributed by atoms with Gasteiger partial charge in [-0.25, -0.2) is 4.79 Å². The zero-order chi connectivity index (χ0) is 12.4. The molecule has 0 aliphatic carbocycles. The number of hydrogen-bond acceptors (Lipinski definition) is 3. The van der Waals surface area contributed by atoms with Crippen LogP contribution in [0.3, 0.4) is 0 Å². The maximum Gasteiger partial charge on any atom is 0.334 e. The third-order valence-corrected chi connectivity index (χ3v) is 2.29. The number of aliphatic carboxylic acids is 1. The third kappa shape index (κ3) is 8.23. The van der Waals surface area contributed by atoms with Crippen molar-refractivity contribution in [3.8, 4) is 0 Å². The van der Waals surface area contributed by atoms with Crippen molar-refractivity contribution in [1.82, 2.24) is 5.32 Å². The fourth-order valence-corrected chi connectivity index (χ4v) is 1.28. The van der Waals surface area contributed by atoms with Gasteiger partial charge in [-0.1, -0.05) is 32.6 Å². The van der Waals surface area contributed by atoms with Crippen LogP contribution < -0.4 is 5.32 Å². The molecule has 94 valence electrons. The van der Waals surface area contributed by atoms with Crippen LogP contribution in [0, 0.1) is 0 Å². The van der Waals surface area contributed by atoms with E-state index in [4.69, 9.17) is 10.2 Å². The molecule has 0 unspecified atom stereocenters. The summed E-state index contributed by atoms with van der Waals surface area (Å²) in [5, 5.41) is 19.7. The molecule has 0 aromatic rings. The van der Waals surface area contributed by atoms with Crippen LogP contribution in [0.4, 0.5) is 0 Å². The number of carbonyl (C=O) groups is 2. The van der Waals surface area contributed by atoms with Gasteiger partial charge in [-0.05, 0) is 6.42 Å². The Balaban J connectivity index is 3.41. The summed E-state index contributed by atoms with van der Waals surface area (Å²) in [4.78, 5) is 21.4. The molecular weight excluding hydrogens is 210 g/mol. The first-order valence-corrected chi connectivity index (χ1v) is 5.75. The van der Waals surface area contributed by atoms with E-state index in [-0.39, 0.29) is 12.5 Å². The van der Waals surface area contributed by atoms with Gasteiger partial charge in [0.2, 0.25) is 5.91 Å². The van der Waals surface area contributed by atoms with Crippen LogP contribution in [0.5, 0.6) is 0 Å². The van der Waals surface area contributed by atoms with E-state index in [0.717, 1.165) is 25.7 Å². The van der Waals surface area contributed by atoms with E-state index in [1.165, 1.54) is 6.42 Å². The lowest BCUT2D eigenvalue weighted by Gasteiger charge is -2.07. The van der Waals surface area contributed by atoms with Gasteiger partial charge in [0.1, 0.15) is 0 Å². The minimum Gasteiger partial charge on any atom is -0.479 e. The molecule has 1 amide bonds. The lowest BCUT2D eigenvalue weighted by atomic mass is 10.1. The van der Waals surface area contributed by atoms with Crippen LogP contribution in [0.1, 0.15) is 45.4 Å². The van der Waals surface area contributed by atoms with Gasteiger partial charge < -0.3 is 15.5 Å². The van der Waals surface area contributed by atoms with Crippen LogP contribution in [0.25, 0.3) is 0 Å². The largest absolute Gasteiger partial charge is 0.479 e. The number of rotatable bonds is 9. The number of aliphatic hydroxyl groups excluding tert-OH is 1. The first-order valence-electron chi connectivity index (χ1n) is 5.75. The second kappa shape index (κ2) is 9.15. The maximum absolute atomic E-state index is 11.2. The molecule has 0 fully saturated rings. The Bertz CT molecular complexity index is 218. The van der Waals surface area contributed by atoms with Gasteiger partial charge in [-0.3, -0.25) is 4.79 Å². The molecule has 0 spiro atoms. The fraction of sp³-hybridized carbons (Fsp3) is 0.818. The number of carboxylic acids is 1. The molecule has 0 rings (SSSR count). The van der Waals surface area contributed by atoms with Crippen molar-refractivity contribution in [2.75, 3.05) is 6.54 Å². The van der Waals surface area contributed by atoms with Gasteiger partial charge in [0.15, 0.2) is 6.10 Å². The molecule has 0 heterocycles. The van der Waals surface area contributed by atoms with E-state index in [1.54, 1.807) is 0 Å². The van der Waals surface area contributed by atoms with Gasteiger partial charge in [0.25, 0.3) is 0 Å². The highest BCUT2D eigenvalue weighted by molar-refractivity contribution is 5.77. The molecule has 5 nitrogen and oxygen atoms in total. The Labute approximate surface area is 95.9 Å². The quantitative estimate of drug-likeness (QED) is 0.515. The number of carbonyl (C=O) groups excluding carboxylic acids is 1. The van der Waals surface area contributed by atoms with Crippen molar-refractivity contribution in [1.29, 1.82) is 0 Å². The van der Waals surface area contributed by atoms with Crippen molar-refractivity contribution >= 4 is 11.9 Å². The summed E-state index contributed by atoms with van der Waals surface area (Å²) in [5.74, 6) is -1.51. The molecule has 16 heavy (non-hydrogen) atoms. The number of unbranched alkanes of at least 4 members (excludes halogenated alkanes) is 4. The molecule has 0 aromatic carbocycles. The van der Waals surface area contributed by atoms with E-state index in [1.807, 2.05) is 0 Å². The smallest absolute Gasteiger partial charge is 0.334 e. The predicted molar refractivity (Wildman–Crippen MR) is 60.0 cm³/mol. The molecule has 0 saturated carbocycles. The molecule has 3 N–H and O–H groups in total. The molecule has 0 aromatic heterocycles. The summed E-state index contributed by atoms with van der Waals surface area (Å²) < 4.78 is 0. The Hall–Kier alpha value is -1.10. The highest BCUT2D eigenvalue weighted by Crippen LogP contribution is 2.04. The first kappa shape index (κ1) is 14.9. The lowest BCUT2D eigenvalue weighted by Crippen LogP contribution is -2.36. The Kier molecular flexibility index (Phi) is 8.52. The van der Waals surface area contributed by atoms with Crippen molar-refractivity contribution in [2.45, 2.75) is 51.6 Å². The summed E-state index contributed by atoms with van der Waals surface area (Å²) in [6, 6.07) is 0. The molecule has 5 heteroatoms. The second-order valence-corrected chi connectivity index (χ2v) is 3.82. The molecular formula is C11H21NO4. The van der Waals surface area contributed by atoms with Crippen molar-refractivity contribution in [3.63, 3.8) is 0 Å². The predicted octanol–water partition coefficient (Wildman–Crippen LogP) is 0.909. The first-order chi connectivity index (χ1) is 7.57. The highest BCUT2D eigenvalue weighted by atomic mass is 16.4. The van der Waals surface area contributed by atoms with Crippen molar-refractivity contribution in [2.24, 2.45) is 0 Å². The summed E-state index contributed by atoms with van der Waals surface area (Å²) in [6.45, 7) is 1.91. The Morgan fingerprint density at radius 1 is 1.19 bits per heavy atom. The average Bonchev–Trinajstić information content (AvgIpc) is 2.25. The minimum absolute atomic E-state index is 0.197. The van der Waals surface area contributed by atoms with Crippen LogP contribution in [-0.2, 0) is 9.59 Å². The number of aliphatic hydroxyl groups is 1. The molecule has 1 atom stereocenters. The summed E-state index contributed by atoms with van der Waals surface area (Å²) in [7, 11) is 0. The summed E-state index contributed by atoms with van der Waals surface area (Å²) in [6.07, 6.45) is 4.19. The van der Waals surface area contributed by atoms with Crippen LogP contribution in [0.15, 0.2) is 0 Å². The lowest BCUT2D eigenvalue weighted by molar-refractivity contribution is -0.146. The topological polar surface area (TPSA) is 86.6 Å². The molecule has 0 radical (unpaired) electrons. The molecule has 0 saturated heterocycles. The number of amides is 1. The zero-order valence-electron chi connectivity index (χ0n) is 9.74. The highest BCUT2D eigenvalue weighted by Gasteiger charge is 2.13. The minimum atomic E-state index is -1.51. The standard InChI is InChI=1S/C11H21NO4/c1-2-3-4-5-6-7-10(14)12-8-9(13)11(15)16/h9,13H,2-8H2,1H3,(H,12,14)(H,15,16)/t9-/m0/s1. The monoisotopic (exact) mass is 231 g/mol. The maximum atomic E-state index is 11.2.